The maximum atomic E-state index is 6.06. The summed E-state index contributed by atoms with van der Waals surface area (Å²) in [7, 11) is 0. The predicted octanol–water partition coefficient (Wildman–Crippen LogP) is 6.22. The number of hydrogen-bond donors (Lipinski definition) is 0. The molecule has 0 saturated heterocycles. The lowest BCUT2D eigenvalue weighted by Crippen LogP contribution is -2.09. The first-order valence-corrected chi connectivity index (χ1v) is 7.86. The summed E-state index contributed by atoms with van der Waals surface area (Å²) in [5, 5.41) is 1.28. The van der Waals surface area contributed by atoms with Crippen molar-refractivity contribution in [1.82, 2.24) is 0 Å². The third-order valence-corrected chi connectivity index (χ3v) is 4.05. The second kappa shape index (κ2) is 8.71. The van der Waals surface area contributed by atoms with Gasteiger partial charge in [-0.1, -0.05) is 63.2 Å². The fourth-order valence-corrected chi connectivity index (χ4v) is 2.26. The highest BCUT2D eigenvalue weighted by molar-refractivity contribution is 6.34. The third-order valence-electron chi connectivity index (χ3n) is 3.51. The smallest absolute Gasteiger partial charge is 0.139 e. The van der Waals surface area contributed by atoms with Crippen LogP contribution in [-0.2, 0) is 0 Å². The molecule has 0 aromatic heterocycles. The Morgan fingerprint density at radius 1 is 1.11 bits per heavy atom. The molecular weight excluding hydrogens is 279 g/mol. The Morgan fingerprint density at radius 3 is 2.47 bits per heavy atom. The first-order valence-electron chi connectivity index (χ1n) is 7.10. The van der Waals surface area contributed by atoms with E-state index in [2.05, 4.69) is 20.8 Å². The molecule has 0 bridgehead atoms. The van der Waals surface area contributed by atoms with Gasteiger partial charge in [-0.2, -0.15) is 0 Å². The molecule has 0 spiro atoms. The minimum Gasteiger partial charge on any atom is -0.492 e. The summed E-state index contributed by atoms with van der Waals surface area (Å²) in [6.45, 7) is 7.47. The maximum Gasteiger partial charge on any atom is 0.139 e. The first-order chi connectivity index (χ1) is 9.02. The zero-order valence-corrected chi connectivity index (χ0v) is 13.6. The average Bonchev–Trinajstić information content (AvgIpc) is 2.39. The van der Waals surface area contributed by atoms with Crippen molar-refractivity contribution >= 4 is 23.2 Å². The van der Waals surface area contributed by atoms with Crippen molar-refractivity contribution in [3.63, 3.8) is 0 Å². The standard InChI is InChI=1S/C16H24Cl2O/c1-4-12(2)6-5-7-13(3)11-19-16-10-14(17)8-9-15(16)18/h8-10,12-13H,4-7,11H2,1-3H3. The van der Waals surface area contributed by atoms with Gasteiger partial charge < -0.3 is 4.74 Å². The van der Waals surface area contributed by atoms with Gasteiger partial charge in [-0.25, -0.2) is 0 Å². The third kappa shape index (κ3) is 6.54. The fourth-order valence-electron chi connectivity index (χ4n) is 1.92. The van der Waals surface area contributed by atoms with Gasteiger partial charge in [0, 0.05) is 11.1 Å². The molecule has 0 aliphatic heterocycles. The van der Waals surface area contributed by atoms with Gasteiger partial charge in [0.1, 0.15) is 5.75 Å². The van der Waals surface area contributed by atoms with Crippen LogP contribution in [0.3, 0.4) is 0 Å². The highest BCUT2D eigenvalue weighted by Gasteiger charge is 2.07. The van der Waals surface area contributed by atoms with Crippen molar-refractivity contribution in [2.45, 2.75) is 46.5 Å². The van der Waals surface area contributed by atoms with Gasteiger partial charge in [-0.05, 0) is 30.4 Å². The normalized spacial score (nSPS) is 14.2. The largest absolute Gasteiger partial charge is 0.492 e. The van der Waals surface area contributed by atoms with E-state index in [9.17, 15) is 0 Å². The monoisotopic (exact) mass is 302 g/mol. The Balaban J connectivity index is 2.29. The molecule has 108 valence electrons. The summed E-state index contributed by atoms with van der Waals surface area (Å²) < 4.78 is 5.75. The van der Waals surface area contributed by atoms with Gasteiger partial charge in [-0.15, -0.1) is 0 Å². The van der Waals surface area contributed by atoms with E-state index in [4.69, 9.17) is 27.9 Å². The van der Waals surface area contributed by atoms with E-state index < -0.39 is 0 Å². The van der Waals surface area contributed by atoms with E-state index in [-0.39, 0.29) is 0 Å². The number of halogens is 2. The molecular formula is C16H24Cl2O. The molecule has 2 atom stereocenters. The van der Waals surface area contributed by atoms with Crippen LogP contribution in [0.5, 0.6) is 5.75 Å². The van der Waals surface area contributed by atoms with Crippen LogP contribution in [0, 0.1) is 11.8 Å². The Morgan fingerprint density at radius 2 is 1.79 bits per heavy atom. The minimum atomic E-state index is 0.541. The van der Waals surface area contributed by atoms with Crippen LogP contribution < -0.4 is 4.74 Å². The van der Waals surface area contributed by atoms with Crippen LogP contribution in [0.15, 0.2) is 18.2 Å². The van der Waals surface area contributed by atoms with Crippen molar-refractivity contribution in [1.29, 1.82) is 0 Å². The zero-order valence-electron chi connectivity index (χ0n) is 12.1. The molecule has 0 amide bonds. The molecule has 0 aliphatic carbocycles. The Labute approximate surface area is 127 Å². The van der Waals surface area contributed by atoms with Crippen molar-refractivity contribution in [2.75, 3.05) is 6.61 Å². The van der Waals surface area contributed by atoms with E-state index in [0.29, 0.717) is 28.3 Å². The van der Waals surface area contributed by atoms with Crippen LogP contribution in [0.25, 0.3) is 0 Å². The van der Waals surface area contributed by atoms with Crippen molar-refractivity contribution in [2.24, 2.45) is 11.8 Å². The topological polar surface area (TPSA) is 9.23 Å². The molecule has 1 aromatic rings. The molecule has 3 heteroatoms. The Hall–Kier alpha value is -0.400. The van der Waals surface area contributed by atoms with Gasteiger partial charge in [-0.3, -0.25) is 0 Å². The molecule has 1 rings (SSSR count). The van der Waals surface area contributed by atoms with Gasteiger partial charge in [0.2, 0.25) is 0 Å². The van der Waals surface area contributed by atoms with Crippen molar-refractivity contribution in [3.05, 3.63) is 28.2 Å². The van der Waals surface area contributed by atoms with Gasteiger partial charge in [0.05, 0.1) is 11.6 Å². The van der Waals surface area contributed by atoms with Crippen LogP contribution in [0.4, 0.5) is 0 Å². The SMILES string of the molecule is CCC(C)CCCC(C)COc1cc(Cl)ccc1Cl. The lowest BCUT2D eigenvalue weighted by Gasteiger charge is -2.15. The van der Waals surface area contributed by atoms with E-state index in [0.717, 1.165) is 5.92 Å². The lowest BCUT2D eigenvalue weighted by molar-refractivity contribution is 0.247. The summed E-state index contributed by atoms with van der Waals surface area (Å²) >= 11 is 12.0. The number of rotatable bonds is 8. The quantitative estimate of drug-likeness (QED) is 0.553. The van der Waals surface area contributed by atoms with Crippen molar-refractivity contribution < 1.29 is 4.74 Å². The Bertz CT molecular complexity index is 379. The molecule has 0 fully saturated rings. The summed E-state index contributed by atoms with van der Waals surface area (Å²) in [5.74, 6) is 2.05. The molecule has 0 aliphatic rings. The van der Waals surface area contributed by atoms with Gasteiger partial charge >= 0.3 is 0 Å². The van der Waals surface area contributed by atoms with Crippen LogP contribution in [0.1, 0.15) is 46.5 Å². The summed E-state index contributed by atoms with van der Waals surface area (Å²) in [5.41, 5.74) is 0. The van der Waals surface area contributed by atoms with E-state index in [1.165, 1.54) is 25.7 Å². The van der Waals surface area contributed by atoms with Gasteiger partial charge in [0.25, 0.3) is 0 Å². The number of benzene rings is 1. The Kier molecular flexibility index (Phi) is 7.63. The van der Waals surface area contributed by atoms with Crippen LogP contribution >= 0.6 is 23.2 Å². The van der Waals surface area contributed by atoms with E-state index >= 15 is 0 Å². The summed E-state index contributed by atoms with van der Waals surface area (Å²) in [6.07, 6.45) is 5.03. The zero-order chi connectivity index (χ0) is 14.3. The molecule has 1 aromatic carbocycles. The van der Waals surface area contributed by atoms with E-state index in [1.54, 1.807) is 18.2 Å². The summed E-state index contributed by atoms with van der Waals surface area (Å²) in [6, 6.07) is 5.31. The van der Waals surface area contributed by atoms with Crippen LogP contribution in [0.2, 0.25) is 10.0 Å². The average molecular weight is 303 g/mol. The highest BCUT2D eigenvalue weighted by atomic mass is 35.5. The molecule has 0 heterocycles. The molecule has 0 saturated carbocycles. The number of hydrogen-bond acceptors (Lipinski definition) is 1. The molecule has 1 nitrogen and oxygen atoms in total. The highest BCUT2D eigenvalue weighted by Crippen LogP contribution is 2.28. The minimum absolute atomic E-state index is 0.541. The molecule has 2 unspecified atom stereocenters. The van der Waals surface area contributed by atoms with Gasteiger partial charge in [0.15, 0.2) is 0 Å². The lowest BCUT2D eigenvalue weighted by atomic mass is 9.97. The summed E-state index contributed by atoms with van der Waals surface area (Å²) in [4.78, 5) is 0. The van der Waals surface area contributed by atoms with Crippen molar-refractivity contribution in [3.8, 4) is 5.75 Å². The molecule has 19 heavy (non-hydrogen) atoms. The predicted molar refractivity (Wildman–Crippen MR) is 84.4 cm³/mol. The maximum absolute atomic E-state index is 6.06. The van der Waals surface area contributed by atoms with E-state index in [1.807, 2.05) is 0 Å². The second-order valence-corrected chi connectivity index (χ2v) is 6.28. The number of ether oxygens (including phenoxy) is 1. The molecule has 0 radical (unpaired) electrons. The first kappa shape index (κ1) is 16.7. The fraction of sp³-hybridized carbons (Fsp3) is 0.625. The van der Waals surface area contributed by atoms with Crippen LogP contribution in [-0.4, -0.2) is 6.61 Å². The second-order valence-electron chi connectivity index (χ2n) is 5.44. The molecule has 0 N–H and O–H groups in total.